The first-order valence-electron chi connectivity index (χ1n) is 10.7. The summed E-state index contributed by atoms with van der Waals surface area (Å²) in [5.74, 6) is -0.128. The molecule has 1 saturated heterocycles. The largest absolute Gasteiger partial charge is 0.367 e. The number of piperazine rings is 1. The van der Waals surface area contributed by atoms with Crippen molar-refractivity contribution in [1.29, 1.82) is 0 Å². The van der Waals surface area contributed by atoms with E-state index in [1.165, 1.54) is 17.7 Å². The van der Waals surface area contributed by atoms with E-state index in [-0.39, 0.29) is 24.1 Å². The van der Waals surface area contributed by atoms with Crippen molar-refractivity contribution in [1.82, 2.24) is 9.88 Å². The van der Waals surface area contributed by atoms with Gasteiger partial charge in [0.25, 0.3) is 0 Å². The molecule has 32 heavy (non-hydrogen) atoms. The number of rotatable bonds is 4. The average Bonchev–Trinajstić information content (AvgIpc) is 2.80. The SMILES string of the molecule is Cl.O=C1CCc2cccc(N3CCN(Cc4cncc(-c5ccc(F)cc5)c4)CC3)c2N1. The topological polar surface area (TPSA) is 48.5 Å². The summed E-state index contributed by atoms with van der Waals surface area (Å²) in [5, 5.41) is 3.08. The van der Waals surface area contributed by atoms with Gasteiger partial charge in [0, 0.05) is 57.1 Å². The lowest BCUT2D eigenvalue weighted by molar-refractivity contribution is -0.116. The molecule has 1 N–H and O–H groups in total. The first kappa shape index (κ1) is 22.2. The Morgan fingerprint density at radius 2 is 1.72 bits per heavy atom. The molecular weight excluding hydrogens is 427 g/mol. The molecule has 5 nitrogen and oxygen atoms in total. The number of nitrogens with zero attached hydrogens (tertiary/aromatic N) is 3. The summed E-state index contributed by atoms with van der Waals surface area (Å²) in [6, 6.07) is 15.0. The summed E-state index contributed by atoms with van der Waals surface area (Å²) >= 11 is 0. The number of carbonyl (C=O) groups excluding carboxylic acids is 1. The third kappa shape index (κ3) is 4.76. The summed E-state index contributed by atoms with van der Waals surface area (Å²) in [6.07, 6.45) is 5.10. The lowest BCUT2D eigenvalue weighted by Gasteiger charge is -2.37. The molecule has 5 rings (SSSR count). The van der Waals surface area contributed by atoms with Gasteiger partial charge in [0.15, 0.2) is 0 Å². The maximum atomic E-state index is 13.2. The number of fused-ring (bicyclic) bond motifs is 1. The minimum Gasteiger partial charge on any atom is -0.367 e. The van der Waals surface area contributed by atoms with Crippen molar-refractivity contribution in [3.63, 3.8) is 0 Å². The number of pyridine rings is 1. The Hall–Kier alpha value is -2.96. The van der Waals surface area contributed by atoms with E-state index in [1.54, 1.807) is 12.1 Å². The summed E-state index contributed by atoms with van der Waals surface area (Å²) in [7, 11) is 0. The standard InChI is InChI=1S/C25H25FN4O.ClH/c26-22-7-4-19(5-8-22)21-14-18(15-27-16-21)17-29-10-12-30(13-11-29)23-3-1-2-20-6-9-24(31)28-25(20)23;/h1-5,7-8,14-16H,6,9-13,17H2,(H,28,31);1H. The quantitative estimate of drug-likeness (QED) is 0.632. The van der Waals surface area contributed by atoms with E-state index in [0.717, 1.165) is 67.2 Å². The first-order chi connectivity index (χ1) is 15.2. The average molecular weight is 453 g/mol. The van der Waals surface area contributed by atoms with Crippen LogP contribution in [0.1, 0.15) is 17.5 Å². The third-order valence-corrected chi connectivity index (χ3v) is 6.11. The predicted octanol–water partition coefficient (Wildman–Crippen LogP) is 4.52. The molecule has 0 bridgehead atoms. The van der Waals surface area contributed by atoms with E-state index >= 15 is 0 Å². The highest BCUT2D eigenvalue weighted by Crippen LogP contribution is 2.34. The van der Waals surface area contributed by atoms with Crippen LogP contribution >= 0.6 is 12.4 Å². The van der Waals surface area contributed by atoms with E-state index < -0.39 is 0 Å². The van der Waals surface area contributed by atoms with Gasteiger partial charge in [-0.05, 0) is 47.4 Å². The number of amides is 1. The van der Waals surface area contributed by atoms with Gasteiger partial charge in [0.05, 0.1) is 11.4 Å². The Bertz CT molecular complexity index is 1100. The highest BCUT2D eigenvalue weighted by atomic mass is 35.5. The minimum atomic E-state index is -0.231. The summed E-state index contributed by atoms with van der Waals surface area (Å²) in [6.45, 7) is 4.55. The van der Waals surface area contributed by atoms with Gasteiger partial charge in [-0.25, -0.2) is 4.39 Å². The van der Waals surface area contributed by atoms with Crippen LogP contribution in [0, 0.1) is 5.82 Å². The molecule has 2 aromatic carbocycles. The number of aryl methyl sites for hydroxylation is 1. The van der Waals surface area contributed by atoms with Crippen LogP contribution in [0.25, 0.3) is 11.1 Å². The van der Waals surface area contributed by atoms with Crippen molar-refractivity contribution in [3.8, 4) is 11.1 Å². The molecule has 166 valence electrons. The predicted molar refractivity (Wildman–Crippen MR) is 128 cm³/mol. The second-order valence-electron chi connectivity index (χ2n) is 8.21. The highest BCUT2D eigenvalue weighted by molar-refractivity contribution is 5.98. The van der Waals surface area contributed by atoms with Gasteiger partial charge in [-0.3, -0.25) is 14.7 Å². The zero-order valence-electron chi connectivity index (χ0n) is 17.8. The van der Waals surface area contributed by atoms with Crippen molar-refractivity contribution in [2.45, 2.75) is 19.4 Å². The fourth-order valence-electron chi connectivity index (χ4n) is 4.43. The Balaban J connectivity index is 0.00000245. The van der Waals surface area contributed by atoms with Crippen molar-refractivity contribution in [2.75, 3.05) is 36.4 Å². The zero-order valence-corrected chi connectivity index (χ0v) is 18.6. The molecule has 1 fully saturated rings. The number of aromatic nitrogens is 1. The molecular formula is C25H26ClFN4O. The van der Waals surface area contributed by atoms with Gasteiger partial charge < -0.3 is 10.2 Å². The van der Waals surface area contributed by atoms with Crippen molar-refractivity contribution < 1.29 is 9.18 Å². The van der Waals surface area contributed by atoms with Crippen LogP contribution in [0.4, 0.5) is 15.8 Å². The number of anilines is 2. The van der Waals surface area contributed by atoms with Crippen LogP contribution in [0.5, 0.6) is 0 Å². The molecule has 2 aliphatic heterocycles. The third-order valence-electron chi connectivity index (χ3n) is 6.11. The maximum Gasteiger partial charge on any atom is 0.224 e. The van der Waals surface area contributed by atoms with E-state index in [0.29, 0.717) is 6.42 Å². The van der Waals surface area contributed by atoms with Crippen LogP contribution in [0.2, 0.25) is 0 Å². The van der Waals surface area contributed by atoms with E-state index in [9.17, 15) is 9.18 Å². The van der Waals surface area contributed by atoms with Gasteiger partial charge in [-0.2, -0.15) is 0 Å². The van der Waals surface area contributed by atoms with Gasteiger partial charge in [0.2, 0.25) is 5.91 Å². The minimum absolute atomic E-state index is 0. The smallest absolute Gasteiger partial charge is 0.224 e. The van der Waals surface area contributed by atoms with Crippen LogP contribution in [0.3, 0.4) is 0 Å². The number of benzene rings is 2. The van der Waals surface area contributed by atoms with Crippen molar-refractivity contribution in [3.05, 3.63) is 77.9 Å². The van der Waals surface area contributed by atoms with Crippen LogP contribution in [0.15, 0.2) is 60.9 Å². The molecule has 3 aromatic rings. The zero-order chi connectivity index (χ0) is 21.2. The monoisotopic (exact) mass is 452 g/mol. The normalized spacial score (nSPS) is 16.2. The van der Waals surface area contributed by atoms with Gasteiger partial charge in [-0.1, -0.05) is 24.3 Å². The number of hydrogen-bond donors (Lipinski definition) is 1. The Morgan fingerprint density at radius 3 is 2.50 bits per heavy atom. The molecule has 0 radical (unpaired) electrons. The summed E-state index contributed by atoms with van der Waals surface area (Å²) in [4.78, 5) is 21.1. The van der Waals surface area contributed by atoms with Gasteiger partial charge in [0.1, 0.15) is 5.82 Å². The molecule has 2 aliphatic rings. The number of carbonyl (C=O) groups is 1. The van der Waals surface area contributed by atoms with Crippen molar-refractivity contribution >= 4 is 29.7 Å². The molecule has 1 amide bonds. The molecule has 0 aliphatic carbocycles. The van der Waals surface area contributed by atoms with Crippen LogP contribution in [-0.2, 0) is 17.8 Å². The second kappa shape index (κ2) is 9.67. The lowest BCUT2D eigenvalue weighted by Crippen LogP contribution is -2.46. The molecule has 0 saturated carbocycles. The first-order valence-corrected chi connectivity index (χ1v) is 10.7. The van der Waals surface area contributed by atoms with E-state index in [2.05, 4.69) is 44.4 Å². The molecule has 7 heteroatoms. The fraction of sp³-hybridized carbons (Fsp3) is 0.280. The van der Waals surface area contributed by atoms with E-state index in [1.807, 2.05) is 12.4 Å². The second-order valence-corrected chi connectivity index (χ2v) is 8.21. The number of hydrogen-bond acceptors (Lipinski definition) is 4. The summed E-state index contributed by atoms with van der Waals surface area (Å²) < 4.78 is 13.2. The summed E-state index contributed by atoms with van der Waals surface area (Å²) in [5.41, 5.74) is 6.47. The number of nitrogens with one attached hydrogen (secondary N) is 1. The maximum absolute atomic E-state index is 13.2. The molecule has 1 aromatic heterocycles. The lowest BCUT2D eigenvalue weighted by atomic mass is 10.0. The molecule has 0 unspecified atom stereocenters. The number of halogens is 2. The van der Waals surface area contributed by atoms with E-state index in [4.69, 9.17) is 0 Å². The fourth-order valence-corrected chi connectivity index (χ4v) is 4.43. The van der Waals surface area contributed by atoms with Gasteiger partial charge in [-0.15, -0.1) is 12.4 Å². The Kier molecular flexibility index (Phi) is 6.72. The molecule has 0 spiro atoms. The Morgan fingerprint density at radius 1 is 0.938 bits per heavy atom. The molecule has 3 heterocycles. The van der Waals surface area contributed by atoms with Gasteiger partial charge >= 0.3 is 0 Å². The number of para-hydroxylation sites is 1. The van der Waals surface area contributed by atoms with Crippen LogP contribution < -0.4 is 10.2 Å². The molecule has 0 atom stereocenters. The van der Waals surface area contributed by atoms with Crippen molar-refractivity contribution in [2.24, 2.45) is 0 Å². The highest BCUT2D eigenvalue weighted by Gasteiger charge is 2.23. The van der Waals surface area contributed by atoms with Crippen LogP contribution in [-0.4, -0.2) is 42.0 Å². The Labute approximate surface area is 193 Å².